The molecule has 0 saturated carbocycles. The van der Waals surface area contributed by atoms with Crippen LogP contribution in [0.25, 0.3) is 0 Å². The van der Waals surface area contributed by atoms with Crippen LogP contribution in [0, 0.1) is 0 Å². The monoisotopic (exact) mass is 235 g/mol. The number of Topliss-reactive ketones (excluding diaryl/α,β-unsaturated/α-hetero) is 1. The first-order chi connectivity index (χ1) is 8.33. The summed E-state index contributed by atoms with van der Waals surface area (Å²) in [5.74, 6) is 0.628. The normalized spacial score (nSPS) is 13.5. The molecule has 1 aliphatic heterocycles. The van der Waals surface area contributed by atoms with E-state index in [0.29, 0.717) is 24.5 Å². The van der Waals surface area contributed by atoms with Crippen molar-refractivity contribution in [3.8, 4) is 5.75 Å². The standard InChI is InChI=1S/C13H17NO3/c1-2-7-16-9-12(15)10-4-3-5-11-13(10)17-8-6-14-11/h3-5,14H,2,6-9H2,1H3. The predicted octanol–water partition coefficient (Wildman–Crippen LogP) is 2.10. The zero-order chi connectivity index (χ0) is 12.1. The maximum Gasteiger partial charge on any atom is 0.192 e. The number of ether oxygens (including phenoxy) is 2. The Labute approximate surface area is 101 Å². The molecule has 0 fully saturated rings. The predicted molar refractivity (Wildman–Crippen MR) is 65.9 cm³/mol. The highest BCUT2D eigenvalue weighted by Gasteiger charge is 2.18. The van der Waals surface area contributed by atoms with Crippen molar-refractivity contribution < 1.29 is 14.3 Å². The molecule has 17 heavy (non-hydrogen) atoms. The summed E-state index contributed by atoms with van der Waals surface area (Å²) in [6, 6.07) is 5.55. The van der Waals surface area contributed by atoms with Gasteiger partial charge >= 0.3 is 0 Å². The number of hydrogen-bond donors (Lipinski definition) is 1. The minimum absolute atomic E-state index is 0.0287. The molecule has 92 valence electrons. The van der Waals surface area contributed by atoms with Gasteiger partial charge in [0.2, 0.25) is 0 Å². The van der Waals surface area contributed by atoms with Crippen molar-refractivity contribution in [2.75, 3.05) is 31.7 Å². The molecule has 1 aromatic rings. The van der Waals surface area contributed by atoms with Crippen molar-refractivity contribution in [3.05, 3.63) is 23.8 Å². The van der Waals surface area contributed by atoms with Crippen LogP contribution in [0.3, 0.4) is 0 Å². The Balaban J connectivity index is 2.12. The van der Waals surface area contributed by atoms with E-state index in [9.17, 15) is 4.79 Å². The topological polar surface area (TPSA) is 47.6 Å². The molecular formula is C13H17NO3. The van der Waals surface area contributed by atoms with Crippen LogP contribution in [0.5, 0.6) is 5.75 Å². The molecular weight excluding hydrogens is 218 g/mol. The largest absolute Gasteiger partial charge is 0.489 e. The van der Waals surface area contributed by atoms with Gasteiger partial charge in [-0.3, -0.25) is 4.79 Å². The highest BCUT2D eigenvalue weighted by Crippen LogP contribution is 2.31. The minimum atomic E-state index is -0.0287. The van der Waals surface area contributed by atoms with Gasteiger partial charge in [0.05, 0.1) is 11.3 Å². The number of rotatable bonds is 5. The Morgan fingerprint density at radius 3 is 3.24 bits per heavy atom. The van der Waals surface area contributed by atoms with Crippen molar-refractivity contribution in [2.45, 2.75) is 13.3 Å². The number of ketones is 1. The third kappa shape index (κ3) is 2.77. The van der Waals surface area contributed by atoms with Gasteiger partial charge in [-0.15, -0.1) is 0 Å². The summed E-state index contributed by atoms with van der Waals surface area (Å²) in [6.07, 6.45) is 0.915. The highest BCUT2D eigenvalue weighted by atomic mass is 16.5. The Morgan fingerprint density at radius 2 is 2.41 bits per heavy atom. The van der Waals surface area contributed by atoms with Crippen molar-refractivity contribution in [1.82, 2.24) is 0 Å². The molecule has 0 aliphatic carbocycles. The number of hydrogen-bond acceptors (Lipinski definition) is 4. The molecule has 1 heterocycles. The summed E-state index contributed by atoms with van der Waals surface area (Å²) < 4.78 is 10.8. The third-order valence-electron chi connectivity index (χ3n) is 2.56. The average molecular weight is 235 g/mol. The van der Waals surface area contributed by atoms with E-state index >= 15 is 0 Å². The highest BCUT2D eigenvalue weighted by molar-refractivity contribution is 6.01. The number of fused-ring (bicyclic) bond motifs is 1. The summed E-state index contributed by atoms with van der Waals surface area (Å²) in [6.45, 7) is 4.11. The quantitative estimate of drug-likeness (QED) is 0.627. The van der Waals surface area contributed by atoms with Gasteiger partial charge in [-0.2, -0.15) is 0 Å². The minimum Gasteiger partial charge on any atom is -0.489 e. The summed E-state index contributed by atoms with van der Waals surface area (Å²) in [5.41, 5.74) is 1.49. The summed E-state index contributed by atoms with van der Waals surface area (Å²) in [7, 11) is 0. The zero-order valence-electron chi connectivity index (χ0n) is 9.99. The molecule has 0 radical (unpaired) electrons. The molecule has 2 rings (SSSR count). The lowest BCUT2D eigenvalue weighted by atomic mass is 10.1. The SMILES string of the molecule is CCCOCC(=O)c1cccc2c1OCCN2. The van der Waals surface area contributed by atoms with Crippen molar-refractivity contribution in [1.29, 1.82) is 0 Å². The number of para-hydroxylation sites is 1. The number of anilines is 1. The average Bonchev–Trinajstić information content (AvgIpc) is 2.38. The van der Waals surface area contributed by atoms with E-state index in [2.05, 4.69) is 5.32 Å². The van der Waals surface area contributed by atoms with Crippen LogP contribution in [0.2, 0.25) is 0 Å². The summed E-state index contributed by atoms with van der Waals surface area (Å²) in [5, 5.41) is 3.21. The van der Waals surface area contributed by atoms with Gasteiger partial charge in [0.25, 0.3) is 0 Å². The second kappa shape index (κ2) is 5.68. The van der Waals surface area contributed by atoms with Crippen molar-refractivity contribution in [2.24, 2.45) is 0 Å². The Bertz CT molecular complexity index is 404. The second-order valence-corrected chi connectivity index (χ2v) is 3.93. The van der Waals surface area contributed by atoms with Crippen molar-refractivity contribution in [3.63, 3.8) is 0 Å². The maximum atomic E-state index is 12.0. The van der Waals surface area contributed by atoms with Crippen LogP contribution in [0.15, 0.2) is 18.2 Å². The third-order valence-corrected chi connectivity index (χ3v) is 2.56. The van der Waals surface area contributed by atoms with Gasteiger partial charge in [-0.05, 0) is 18.6 Å². The van der Waals surface area contributed by atoms with E-state index in [0.717, 1.165) is 18.7 Å². The molecule has 0 atom stereocenters. The summed E-state index contributed by atoms with van der Waals surface area (Å²) in [4.78, 5) is 12.0. The number of benzene rings is 1. The van der Waals surface area contributed by atoms with E-state index in [1.807, 2.05) is 19.1 Å². The van der Waals surface area contributed by atoms with E-state index in [1.165, 1.54) is 0 Å². The van der Waals surface area contributed by atoms with Gasteiger partial charge in [0, 0.05) is 13.2 Å². The van der Waals surface area contributed by atoms with Crippen molar-refractivity contribution >= 4 is 11.5 Å². The number of nitrogens with one attached hydrogen (secondary N) is 1. The Morgan fingerprint density at radius 1 is 1.53 bits per heavy atom. The molecule has 0 aromatic heterocycles. The second-order valence-electron chi connectivity index (χ2n) is 3.93. The summed E-state index contributed by atoms with van der Waals surface area (Å²) >= 11 is 0. The number of carbonyl (C=O) groups is 1. The Kier molecular flexibility index (Phi) is 3.98. The fourth-order valence-corrected chi connectivity index (χ4v) is 1.78. The molecule has 0 unspecified atom stereocenters. The smallest absolute Gasteiger partial charge is 0.192 e. The van der Waals surface area contributed by atoms with Crippen LogP contribution in [-0.4, -0.2) is 32.1 Å². The molecule has 0 spiro atoms. The van der Waals surface area contributed by atoms with Gasteiger partial charge < -0.3 is 14.8 Å². The molecule has 4 nitrogen and oxygen atoms in total. The van der Waals surface area contributed by atoms with Gasteiger partial charge in [-0.25, -0.2) is 0 Å². The van der Waals surface area contributed by atoms with E-state index in [4.69, 9.17) is 9.47 Å². The first kappa shape index (κ1) is 11.9. The van der Waals surface area contributed by atoms with Gasteiger partial charge in [0.1, 0.15) is 13.2 Å². The molecule has 0 bridgehead atoms. The molecule has 1 N–H and O–H groups in total. The van der Waals surface area contributed by atoms with E-state index < -0.39 is 0 Å². The molecule has 0 saturated heterocycles. The van der Waals surface area contributed by atoms with E-state index in [-0.39, 0.29) is 12.4 Å². The van der Waals surface area contributed by atoms with Crippen LogP contribution in [0.1, 0.15) is 23.7 Å². The van der Waals surface area contributed by atoms with E-state index in [1.54, 1.807) is 6.07 Å². The maximum absolute atomic E-state index is 12.0. The first-order valence-electron chi connectivity index (χ1n) is 5.93. The van der Waals surface area contributed by atoms with Gasteiger partial charge in [-0.1, -0.05) is 13.0 Å². The fraction of sp³-hybridized carbons (Fsp3) is 0.462. The molecule has 4 heteroatoms. The zero-order valence-corrected chi connectivity index (χ0v) is 9.99. The molecule has 1 aliphatic rings. The lowest BCUT2D eigenvalue weighted by Crippen LogP contribution is -2.21. The fourth-order valence-electron chi connectivity index (χ4n) is 1.78. The van der Waals surface area contributed by atoms with Crippen LogP contribution in [0.4, 0.5) is 5.69 Å². The molecule has 0 amide bonds. The van der Waals surface area contributed by atoms with Crippen LogP contribution >= 0.6 is 0 Å². The van der Waals surface area contributed by atoms with Crippen LogP contribution < -0.4 is 10.1 Å². The number of carbonyl (C=O) groups excluding carboxylic acids is 1. The van der Waals surface area contributed by atoms with Gasteiger partial charge in [0.15, 0.2) is 11.5 Å². The molecule has 1 aromatic carbocycles. The lowest BCUT2D eigenvalue weighted by Gasteiger charge is -2.21. The van der Waals surface area contributed by atoms with Crippen LogP contribution in [-0.2, 0) is 4.74 Å². The Hall–Kier alpha value is -1.55. The lowest BCUT2D eigenvalue weighted by molar-refractivity contribution is 0.0757. The first-order valence-corrected chi connectivity index (χ1v) is 5.93.